The van der Waals surface area contributed by atoms with Crippen LogP contribution < -0.4 is 4.72 Å². The number of sulfonamides is 1. The molecule has 0 aliphatic rings. The van der Waals surface area contributed by atoms with Crippen LogP contribution in [-0.4, -0.2) is 13.6 Å². The second-order valence-corrected chi connectivity index (χ2v) is 7.96. The highest BCUT2D eigenvalue weighted by Crippen LogP contribution is 2.29. The summed E-state index contributed by atoms with van der Waals surface area (Å²) in [6.07, 6.45) is 0. The van der Waals surface area contributed by atoms with Crippen molar-refractivity contribution in [3.63, 3.8) is 0 Å². The van der Waals surface area contributed by atoms with E-state index in [1.807, 2.05) is 6.92 Å². The Morgan fingerprint density at radius 3 is 2.44 bits per heavy atom. The predicted molar refractivity (Wildman–Crippen MR) is 98.4 cm³/mol. The molecule has 3 aromatic rings. The number of nitrogens with zero attached hydrogens (tertiary/aromatic N) is 1. The van der Waals surface area contributed by atoms with Crippen molar-refractivity contribution >= 4 is 27.3 Å². The van der Waals surface area contributed by atoms with Gasteiger partial charge < -0.3 is 4.52 Å². The van der Waals surface area contributed by atoms with Gasteiger partial charge in [-0.15, -0.1) is 0 Å². The standard InChI is InChI=1S/C18H17ClN2O3S/c1-11-4-7-16(15(19)8-11)21-25(22,23)18-10-14(6-5-12(18)2)17-9-13(3)20-24-17/h4-10,21H,1-3H3. The fraction of sp³-hybridized carbons (Fsp3) is 0.167. The Hall–Kier alpha value is -2.31. The number of aromatic nitrogens is 1. The van der Waals surface area contributed by atoms with Gasteiger partial charge in [0, 0.05) is 11.6 Å². The molecule has 0 aliphatic carbocycles. The van der Waals surface area contributed by atoms with Crippen molar-refractivity contribution < 1.29 is 12.9 Å². The van der Waals surface area contributed by atoms with E-state index in [0.29, 0.717) is 27.6 Å². The predicted octanol–water partition coefficient (Wildman–Crippen LogP) is 4.72. The molecular weight excluding hydrogens is 360 g/mol. The SMILES string of the molecule is Cc1ccc(NS(=O)(=O)c2cc(-c3cc(C)no3)ccc2C)c(Cl)c1. The first-order valence-electron chi connectivity index (χ1n) is 7.59. The van der Waals surface area contributed by atoms with Crippen molar-refractivity contribution in [3.8, 4) is 11.3 Å². The van der Waals surface area contributed by atoms with Crippen molar-refractivity contribution in [2.45, 2.75) is 25.7 Å². The van der Waals surface area contributed by atoms with E-state index in [1.165, 1.54) is 0 Å². The number of nitrogens with one attached hydrogen (secondary N) is 1. The highest BCUT2D eigenvalue weighted by Gasteiger charge is 2.20. The van der Waals surface area contributed by atoms with Crippen LogP contribution in [-0.2, 0) is 10.0 Å². The summed E-state index contributed by atoms with van der Waals surface area (Å²) >= 11 is 6.14. The quantitative estimate of drug-likeness (QED) is 0.715. The lowest BCUT2D eigenvalue weighted by Crippen LogP contribution is -2.14. The second-order valence-electron chi connectivity index (χ2n) is 5.90. The lowest BCUT2D eigenvalue weighted by atomic mass is 10.1. The van der Waals surface area contributed by atoms with Gasteiger partial charge in [0.15, 0.2) is 5.76 Å². The maximum atomic E-state index is 12.8. The van der Waals surface area contributed by atoms with E-state index < -0.39 is 10.0 Å². The van der Waals surface area contributed by atoms with Gasteiger partial charge in [0.05, 0.1) is 21.3 Å². The van der Waals surface area contributed by atoms with E-state index in [2.05, 4.69) is 9.88 Å². The smallest absolute Gasteiger partial charge is 0.262 e. The fourth-order valence-electron chi connectivity index (χ4n) is 2.45. The van der Waals surface area contributed by atoms with Crippen LogP contribution in [0.4, 0.5) is 5.69 Å². The highest BCUT2D eigenvalue weighted by molar-refractivity contribution is 7.92. The van der Waals surface area contributed by atoms with Gasteiger partial charge in [-0.25, -0.2) is 8.42 Å². The molecule has 2 aromatic carbocycles. The van der Waals surface area contributed by atoms with Gasteiger partial charge in [0.2, 0.25) is 0 Å². The van der Waals surface area contributed by atoms with Gasteiger partial charge >= 0.3 is 0 Å². The molecule has 0 bridgehead atoms. The molecule has 0 radical (unpaired) electrons. The van der Waals surface area contributed by atoms with E-state index in [4.69, 9.17) is 16.1 Å². The molecule has 0 spiro atoms. The molecular formula is C18H17ClN2O3S. The first-order valence-corrected chi connectivity index (χ1v) is 9.46. The van der Waals surface area contributed by atoms with Gasteiger partial charge in [0.1, 0.15) is 0 Å². The number of aryl methyl sites for hydroxylation is 3. The van der Waals surface area contributed by atoms with Crippen molar-refractivity contribution in [3.05, 3.63) is 64.3 Å². The monoisotopic (exact) mass is 376 g/mol. The minimum Gasteiger partial charge on any atom is -0.356 e. The van der Waals surface area contributed by atoms with E-state index >= 15 is 0 Å². The zero-order valence-corrected chi connectivity index (χ0v) is 15.6. The molecule has 1 N–H and O–H groups in total. The van der Waals surface area contributed by atoms with Crippen LogP contribution in [0.25, 0.3) is 11.3 Å². The van der Waals surface area contributed by atoms with E-state index in [1.54, 1.807) is 56.3 Å². The van der Waals surface area contributed by atoms with Gasteiger partial charge in [0.25, 0.3) is 10.0 Å². The molecule has 5 nitrogen and oxygen atoms in total. The van der Waals surface area contributed by atoms with Crippen LogP contribution >= 0.6 is 11.6 Å². The van der Waals surface area contributed by atoms with E-state index in [9.17, 15) is 8.42 Å². The maximum absolute atomic E-state index is 12.8. The number of rotatable bonds is 4. The molecule has 0 atom stereocenters. The maximum Gasteiger partial charge on any atom is 0.262 e. The van der Waals surface area contributed by atoms with Gasteiger partial charge in [-0.05, 0) is 50.1 Å². The van der Waals surface area contributed by atoms with E-state index in [-0.39, 0.29) is 4.90 Å². The Labute approximate surface area is 151 Å². The van der Waals surface area contributed by atoms with Crippen molar-refractivity contribution in [1.29, 1.82) is 0 Å². The summed E-state index contributed by atoms with van der Waals surface area (Å²) in [5.41, 5.74) is 3.28. The third kappa shape index (κ3) is 3.70. The molecule has 1 aromatic heterocycles. The first-order chi connectivity index (χ1) is 11.8. The third-order valence-corrected chi connectivity index (χ3v) is 5.58. The molecule has 25 heavy (non-hydrogen) atoms. The number of anilines is 1. The number of hydrogen-bond acceptors (Lipinski definition) is 4. The van der Waals surface area contributed by atoms with Crippen LogP contribution in [0.15, 0.2) is 51.9 Å². The fourth-order valence-corrected chi connectivity index (χ4v) is 4.14. The summed E-state index contributed by atoms with van der Waals surface area (Å²) in [5.74, 6) is 0.516. The Kier molecular flexibility index (Phi) is 4.58. The molecule has 0 saturated carbocycles. The van der Waals surface area contributed by atoms with Crippen LogP contribution in [0.5, 0.6) is 0 Å². The van der Waals surface area contributed by atoms with Crippen LogP contribution in [0.1, 0.15) is 16.8 Å². The van der Waals surface area contributed by atoms with Gasteiger partial charge in [-0.3, -0.25) is 4.72 Å². The normalized spacial score (nSPS) is 11.5. The van der Waals surface area contributed by atoms with Crippen molar-refractivity contribution in [2.24, 2.45) is 0 Å². The zero-order valence-electron chi connectivity index (χ0n) is 14.0. The molecule has 3 rings (SSSR count). The van der Waals surface area contributed by atoms with Crippen molar-refractivity contribution in [2.75, 3.05) is 4.72 Å². The Morgan fingerprint density at radius 1 is 1.04 bits per heavy atom. The van der Waals surface area contributed by atoms with Gasteiger partial charge in [-0.1, -0.05) is 35.0 Å². The molecule has 0 fully saturated rings. The number of benzene rings is 2. The Morgan fingerprint density at radius 2 is 1.80 bits per heavy atom. The Bertz CT molecular complexity index is 1040. The molecule has 0 unspecified atom stereocenters. The van der Waals surface area contributed by atoms with Gasteiger partial charge in [-0.2, -0.15) is 0 Å². The minimum atomic E-state index is -3.80. The lowest BCUT2D eigenvalue weighted by molar-refractivity contribution is 0.427. The third-order valence-electron chi connectivity index (χ3n) is 3.76. The average molecular weight is 377 g/mol. The van der Waals surface area contributed by atoms with Crippen LogP contribution in [0, 0.1) is 20.8 Å². The topological polar surface area (TPSA) is 72.2 Å². The summed E-state index contributed by atoms with van der Waals surface area (Å²) in [6, 6.07) is 12.0. The van der Waals surface area contributed by atoms with Crippen LogP contribution in [0.2, 0.25) is 5.02 Å². The summed E-state index contributed by atoms with van der Waals surface area (Å²) in [4.78, 5) is 0.163. The van der Waals surface area contributed by atoms with Crippen molar-refractivity contribution in [1.82, 2.24) is 5.16 Å². The number of halogens is 1. The average Bonchev–Trinajstić information content (AvgIpc) is 2.97. The Balaban J connectivity index is 2.01. The highest BCUT2D eigenvalue weighted by atomic mass is 35.5. The van der Waals surface area contributed by atoms with E-state index in [0.717, 1.165) is 11.3 Å². The molecule has 130 valence electrons. The summed E-state index contributed by atoms with van der Waals surface area (Å²) in [6.45, 7) is 5.43. The second kappa shape index (κ2) is 6.54. The molecule has 0 saturated heterocycles. The lowest BCUT2D eigenvalue weighted by Gasteiger charge is -2.13. The summed E-state index contributed by atoms with van der Waals surface area (Å²) < 4.78 is 33.4. The molecule has 0 aliphatic heterocycles. The first kappa shape index (κ1) is 17.5. The zero-order chi connectivity index (χ0) is 18.2. The largest absolute Gasteiger partial charge is 0.356 e. The summed E-state index contributed by atoms with van der Waals surface area (Å²) in [7, 11) is -3.80. The molecule has 1 heterocycles. The number of hydrogen-bond donors (Lipinski definition) is 1. The molecule has 0 amide bonds. The van der Waals surface area contributed by atoms with Crippen LogP contribution in [0.3, 0.4) is 0 Å². The molecule has 7 heteroatoms. The minimum absolute atomic E-state index is 0.163. The summed E-state index contributed by atoms with van der Waals surface area (Å²) in [5, 5.41) is 4.19.